The Hall–Kier alpha value is -2.77. The average Bonchev–Trinajstić information content (AvgIpc) is 2.97. The quantitative estimate of drug-likeness (QED) is 0.746. The minimum atomic E-state index is -1.09. The van der Waals surface area contributed by atoms with Crippen LogP contribution in [0.15, 0.2) is 22.2 Å². The van der Waals surface area contributed by atoms with Crippen molar-refractivity contribution in [1.29, 1.82) is 0 Å². The van der Waals surface area contributed by atoms with Crippen molar-refractivity contribution in [2.45, 2.75) is 6.54 Å². The fourth-order valence-electron chi connectivity index (χ4n) is 1.64. The van der Waals surface area contributed by atoms with Gasteiger partial charge in [-0.3, -0.25) is 14.8 Å². The van der Waals surface area contributed by atoms with Crippen molar-refractivity contribution in [3.63, 3.8) is 0 Å². The van der Waals surface area contributed by atoms with Gasteiger partial charge in [0.15, 0.2) is 0 Å². The maximum atomic E-state index is 11.7. The molecule has 3 rings (SSSR count). The van der Waals surface area contributed by atoms with E-state index >= 15 is 0 Å². The van der Waals surface area contributed by atoms with Crippen LogP contribution in [0, 0.1) is 0 Å². The smallest absolute Gasteiger partial charge is 0.338 e. The summed E-state index contributed by atoms with van der Waals surface area (Å²) in [6, 6.07) is 0. The molecule has 90 valence electrons. The molecule has 8 nitrogen and oxygen atoms in total. The first-order valence-corrected chi connectivity index (χ1v) is 5.06. The van der Waals surface area contributed by atoms with E-state index in [1.165, 1.54) is 23.3 Å². The van der Waals surface area contributed by atoms with Crippen LogP contribution < -0.4 is 5.56 Å². The van der Waals surface area contributed by atoms with Crippen molar-refractivity contribution in [3.05, 3.63) is 39.6 Å². The SMILES string of the molecule is O=C(O)c1cnn(-c2nc3c(c(=O)[nH]2)CN=C3)c1. The van der Waals surface area contributed by atoms with Crippen LogP contribution in [0.2, 0.25) is 0 Å². The van der Waals surface area contributed by atoms with Gasteiger partial charge in [0.2, 0.25) is 5.95 Å². The Kier molecular flexibility index (Phi) is 2.09. The second kappa shape index (κ2) is 3.62. The minimum absolute atomic E-state index is 0.0202. The van der Waals surface area contributed by atoms with E-state index in [9.17, 15) is 9.59 Å². The fourth-order valence-corrected chi connectivity index (χ4v) is 1.64. The van der Waals surface area contributed by atoms with Crippen LogP contribution in [-0.2, 0) is 6.54 Å². The van der Waals surface area contributed by atoms with Gasteiger partial charge in [0, 0.05) is 12.4 Å². The lowest BCUT2D eigenvalue weighted by Crippen LogP contribution is -2.18. The number of hydrogen-bond acceptors (Lipinski definition) is 5. The Bertz CT molecular complexity index is 727. The van der Waals surface area contributed by atoms with E-state index < -0.39 is 5.97 Å². The monoisotopic (exact) mass is 245 g/mol. The van der Waals surface area contributed by atoms with Crippen molar-refractivity contribution < 1.29 is 9.90 Å². The van der Waals surface area contributed by atoms with E-state index in [2.05, 4.69) is 20.1 Å². The Morgan fingerprint density at radius 2 is 2.33 bits per heavy atom. The molecule has 0 spiro atoms. The van der Waals surface area contributed by atoms with Gasteiger partial charge in [-0.05, 0) is 0 Å². The number of rotatable bonds is 2. The van der Waals surface area contributed by atoms with Crippen LogP contribution in [-0.4, -0.2) is 37.0 Å². The molecule has 3 heterocycles. The molecule has 0 amide bonds. The number of carboxylic acid groups (broad SMARTS) is 1. The molecule has 0 aliphatic carbocycles. The van der Waals surface area contributed by atoms with Gasteiger partial charge >= 0.3 is 5.97 Å². The van der Waals surface area contributed by atoms with Gasteiger partial charge in [0.25, 0.3) is 5.56 Å². The number of carboxylic acids is 1. The van der Waals surface area contributed by atoms with E-state index in [0.717, 1.165) is 0 Å². The summed E-state index contributed by atoms with van der Waals surface area (Å²) in [5.74, 6) is -0.925. The number of nitrogens with one attached hydrogen (secondary N) is 1. The van der Waals surface area contributed by atoms with Crippen LogP contribution in [0.4, 0.5) is 0 Å². The van der Waals surface area contributed by atoms with Crippen LogP contribution in [0.25, 0.3) is 5.95 Å². The predicted molar refractivity (Wildman–Crippen MR) is 60.2 cm³/mol. The predicted octanol–water partition coefficient (Wildman–Crippen LogP) is -0.414. The minimum Gasteiger partial charge on any atom is -0.478 e. The molecule has 1 aliphatic rings. The summed E-state index contributed by atoms with van der Waals surface area (Å²) in [6.45, 7) is 0.317. The highest BCUT2D eigenvalue weighted by atomic mass is 16.4. The third-order valence-electron chi connectivity index (χ3n) is 2.54. The second-order valence-electron chi connectivity index (χ2n) is 3.70. The number of aliphatic imine (C=N–C) groups is 1. The molecule has 0 aromatic carbocycles. The van der Waals surface area contributed by atoms with Crippen LogP contribution >= 0.6 is 0 Å². The summed E-state index contributed by atoms with van der Waals surface area (Å²) in [5.41, 5.74) is 0.720. The Balaban J connectivity index is 2.11. The number of hydrogen-bond donors (Lipinski definition) is 2. The molecule has 2 N–H and O–H groups in total. The molecular formula is C10H7N5O3. The molecule has 2 aromatic rings. The number of nitrogens with zero attached hydrogens (tertiary/aromatic N) is 4. The lowest BCUT2D eigenvalue weighted by molar-refractivity contribution is 0.0697. The average molecular weight is 245 g/mol. The van der Waals surface area contributed by atoms with E-state index in [1.54, 1.807) is 0 Å². The maximum absolute atomic E-state index is 11.7. The lowest BCUT2D eigenvalue weighted by Gasteiger charge is -2.01. The third kappa shape index (κ3) is 1.51. The molecule has 0 bridgehead atoms. The van der Waals surface area contributed by atoms with E-state index in [0.29, 0.717) is 17.8 Å². The van der Waals surface area contributed by atoms with Gasteiger partial charge in [-0.2, -0.15) is 5.10 Å². The van der Waals surface area contributed by atoms with Crippen molar-refractivity contribution in [3.8, 4) is 5.95 Å². The zero-order chi connectivity index (χ0) is 12.7. The van der Waals surface area contributed by atoms with Gasteiger partial charge in [0.05, 0.1) is 29.6 Å². The zero-order valence-electron chi connectivity index (χ0n) is 8.99. The molecule has 0 radical (unpaired) electrons. The van der Waals surface area contributed by atoms with Crippen LogP contribution in [0.3, 0.4) is 0 Å². The first-order valence-electron chi connectivity index (χ1n) is 5.06. The Labute approximate surface area is 99.6 Å². The summed E-state index contributed by atoms with van der Waals surface area (Å²) in [4.78, 5) is 33.1. The van der Waals surface area contributed by atoms with Gasteiger partial charge in [0.1, 0.15) is 0 Å². The van der Waals surface area contributed by atoms with Gasteiger partial charge < -0.3 is 5.11 Å². The third-order valence-corrected chi connectivity index (χ3v) is 2.54. The highest BCUT2D eigenvalue weighted by molar-refractivity contribution is 5.87. The topological polar surface area (TPSA) is 113 Å². The summed E-state index contributed by atoms with van der Waals surface area (Å²) in [6.07, 6.45) is 3.97. The van der Waals surface area contributed by atoms with E-state index in [1.807, 2.05) is 0 Å². The van der Waals surface area contributed by atoms with Crippen molar-refractivity contribution in [2.75, 3.05) is 0 Å². The van der Waals surface area contributed by atoms with Crippen LogP contribution in [0.1, 0.15) is 21.6 Å². The summed E-state index contributed by atoms with van der Waals surface area (Å²) >= 11 is 0. The summed E-state index contributed by atoms with van der Waals surface area (Å²) in [5, 5.41) is 12.6. The van der Waals surface area contributed by atoms with Gasteiger partial charge in [-0.1, -0.05) is 0 Å². The van der Waals surface area contributed by atoms with E-state index in [4.69, 9.17) is 5.11 Å². The zero-order valence-corrected chi connectivity index (χ0v) is 8.99. The molecule has 0 saturated carbocycles. The molecule has 0 fully saturated rings. The Morgan fingerprint density at radius 3 is 3.06 bits per heavy atom. The first kappa shape index (κ1) is 10.4. The molecule has 0 atom stereocenters. The van der Waals surface area contributed by atoms with E-state index in [-0.39, 0.29) is 17.1 Å². The summed E-state index contributed by atoms with van der Waals surface area (Å²) in [7, 11) is 0. The molecule has 18 heavy (non-hydrogen) atoms. The number of aromatic amines is 1. The maximum Gasteiger partial charge on any atom is 0.338 e. The fraction of sp³-hybridized carbons (Fsp3) is 0.100. The first-order chi connectivity index (χ1) is 8.65. The molecule has 1 aliphatic heterocycles. The highest BCUT2D eigenvalue weighted by Gasteiger charge is 2.15. The number of carbonyl (C=O) groups is 1. The van der Waals surface area contributed by atoms with Crippen molar-refractivity contribution in [2.24, 2.45) is 4.99 Å². The number of H-pyrrole nitrogens is 1. The Morgan fingerprint density at radius 1 is 1.50 bits per heavy atom. The lowest BCUT2D eigenvalue weighted by atomic mass is 10.3. The second-order valence-corrected chi connectivity index (χ2v) is 3.70. The summed E-state index contributed by atoms with van der Waals surface area (Å²) < 4.78 is 1.21. The van der Waals surface area contributed by atoms with Crippen LogP contribution in [0.5, 0.6) is 0 Å². The molecule has 0 saturated heterocycles. The number of fused-ring (bicyclic) bond motifs is 1. The molecule has 8 heteroatoms. The largest absolute Gasteiger partial charge is 0.478 e. The molecule has 2 aromatic heterocycles. The highest BCUT2D eigenvalue weighted by Crippen LogP contribution is 2.09. The number of aromatic carboxylic acids is 1. The van der Waals surface area contributed by atoms with Gasteiger partial charge in [-0.25, -0.2) is 14.5 Å². The number of aromatic nitrogens is 4. The van der Waals surface area contributed by atoms with Gasteiger partial charge in [-0.15, -0.1) is 0 Å². The molecule has 0 unspecified atom stereocenters. The molecular weight excluding hydrogens is 238 g/mol. The van der Waals surface area contributed by atoms with Crippen molar-refractivity contribution >= 4 is 12.2 Å². The normalized spacial score (nSPS) is 12.7. The standard InChI is InChI=1S/C10H7N5O3/c16-8-6-2-11-3-7(6)13-10(14-8)15-4-5(1-12-15)9(17)18/h1,3-4H,2H2,(H,17,18)(H,13,14,16). The van der Waals surface area contributed by atoms with Crippen molar-refractivity contribution in [1.82, 2.24) is 19.7 Å².